The molecule has 2 aromatic rings. The normalized spacial score (nSPS) is 15.5. The van der Waals surface area contributed by atoms with Gasteiger partial charge in [-0.3, -0.25) is 14.4 Å². The number of nitrogens with zero attached hydrogens (tertiary/aromatic N) is 1. The molecule has 1 atom stereocenters. The molecule has 9 heteroatoms. The van der Waals surface area contributed by atoms with Gasteiger partial charge in [0.1, 0.15) is 17.2 Å². The molecular weight excluding hydrogens is 408 g/mol. The maximum atomic E-state index is 13.7. The molecule has 0 bridgehead atoms. The van der Waals surface area contributed by atoms with Crippen LogP contribution in [0.4, 0.5) is 8.78 Å². The average molecular weight is 435 g/mol. The van der Waals surface area contributed by atoms with E-state index in [1.165, 1.54) is 6.07 Å². The van der Waals surface area contributed by atoms with Gasteiger partial charge in [-0.05, 0) is 56.5 Å². The van der Waals surface area contributed by atoms with Crippen LogP contribution >= 0.6 is 0 Å². The van der Waals surface area contributed by atoms with Crippen molar-refractivity contribution >= 4 is 11.9 Å². The van der Waals surface area contributed by atoms with Gasteiger partial charge in [-0.25, -0.2) is 8.78 Å². The zero-order valence-corrected chi connectivity index (χ0v) is 17.6. The number of nitrogens with one attached hydrogen (secondary N) is 2. The molecule has 168 valence electrons. The van der Waals surface area contributed by atoms with Gasteiger partial charge in [0, 0.05) is 37.8 Å². The number of aryl methyl sites for hydroxylation is 1. The summed E-state index contributed by atoms with van der Waals surface area (Å²) in [7, 11) is 0. The van der Waals surface area contributed by atoms with Gasteiger partial charge in [-0.15, -0.1) is 0 Å². The van der Waals surface area contributed by atoms with E-state index in [2.05, 4.69) is 10.6 Å². The number of benzene rings is 1. The quantitative estimate of drug-likeness (QED) is 0.670. The van der Waals surface area contributed by atoms with Gasteiger partial charge in [0.05, 0.1) is 0 Å². The lowest BCUT2D eigenvalue weighted by atomic mass is 9.99. The Morgan fingerprint density at radius 2 is 2.00 bits per heavy atom. The Bertz CT molecular complexity index is 981. The van der Waals surface area contributed by atoms with Crippen molar-refractivity contribution in [3.8, 4) is 0 Å². The lowest BCUT2D eigenvalue weighted by Gasteiger charge is -2.23. The van der Waals surface area contributed by atoms with E-state index in [-0.39, 0.29) is 23.2 Å². The maximum absolute atomic E-state index is 13.7. The van der Waals surface area contributed by atoms with Crippen molar-refractivity contribution < 1.29 is 23.5 Å². The van der Waals surface area contributed by atoms with Crippen LogP contribution in [0.1, 0.15) is 41.3 Å². The predicted octanol–water partition coefficient (Wildman–Crippen LogP) is 2.46. The number of carboxylic acids is 1. The number of carbonyl (C=O) groups excluding carboxylic acids is 1. The maximum Gasteiger partial charge on any atom is 0.300 e. The standard InChI is InChI=1S/C20H23F2N3O2.C2H4O2/c1-13-6-8-25(12-14-3-2-7-23-10-14)20(27)18(13)19(26)24-11-15-4-5-16(21)9-17(15)22;1-2(3)4/h4-6,8-9,14,23H,2-3,7,10-12H2,1H3,(H,24,26);1H3,(H,3,4). The molecular formula is C22H27F2N3O4. The highest BCUT2D eigenvalue weighted by molar-refractivity contribution is 5.95. The largest absolute Gasteiger partial charge is 0.481 e. The highest BCUT2D eigenvalue weighted by Crippen LogP contribution is 2.13. The summed E-state index contributed by atoms with van der Waals surface area (Å²) in [5.41, 5.74) is 0.434. The van der Waals surface area contributed by atoms with E-state index >= 15 is 0 Å². The van der Waals surface area contributed by atoms with Gasteiger partial charge < -0.3 is 20.3 Å². The summed E-state index contributed by atoms with van der Waals surface area (Å²) in [4.78, 5) is 34.3. The number of piperidine rings is 1. The van der Waals surface area contributed by atoms with Crippen LogP contribution in [0.25, 0.3) is 0 Å². The molecule has 7 nitrogen and oxygen atoms in total. The molecule has 1 aliphatic rings. The molecule has 0 aliphatic carbocycles. The van der Waals surface area contributed by atoms with Crippen molar-refractivity contribution in [2.24, 2.45) is 5.92 Å². The van der Waals surface area contributed by atoms with E-state index in [1.54, 1.807) is 23.8 Å². The molecule has 31 heavy (non-hydrogen) atoms. The molecule has 0 radical (unpaired) electrons. The first-order valence-corrected chi connectivity index (χ1v) is 10.0. The first-order chi connectivity index (χ1) is 14.7. The van der Waals surface area contributed by atoms with Crippen molar-refractivity contribution in [3.05, 3.63) is 69.1 Å². The molecule has 0 spiro atoms. The van der Waals surface area contributed by atoms with Crippen molar-refractivity contribution in [1.82, 2.24) is 15.2 Å². The summed E-state index contributed by atoms with van der Waals surface area (Å²) in [6.45, 7) is 5.06. The number of halogens is 2. The van der Waals surface area contributed by atoms with Gasteiger partial charge in [-0.2, -0.15) is 0 Å². The molecule has 0 saturated carbocycles. The number of aromatic nitrogens is 1. The number of amides is 1. The van der Waals surface area contributed by atoms with E-state index in [4.69, 9.17) is 9.90 Å². The molecule has 3 rings (SSSR count). The van der Waals surface area contributed by atoms with Crippen LogP contribution in [-0.4, -0.2) is 34.6 Å². The Labute approximate surface area is 179 Å². The van der Waals surface area contributed by atoms with E-state index < -0.39 is 23.5 Å². The van der Waals surface area contributed by atoms with E-state index in [0.717, 1.165) is 45.0 Å². The highest BCUT2D eigenvalue weighted by Gasteiger charge is 2.19. The monoisotopic (exact) mass is 435 g/mol. The van der Waals surface area contributed by atoms with Crippen LogP contribution in [-0.2, 0) is 17.9 Å². The van der Waals surface area contributed by atoms with Crippen molar-refractivity contribution in [1.29, 1.82) is 0 Å². The van der Waals surface area contributed by atoms with Crippen LogP contribution in [0.3, 0.4) is 0 Å². The smallest absolute Gasteiger partial charge is 0.300 e. The molecule has 1 aliphatic heterocycles. The molecule has 1 aromatic carbocycles. The number of hydrogen-bond acceptors (Lipinski definition) is 4. The average Bonchev–Trinajstić information content (AvgIpc) is 2.70. The minimum atomic E-state index is -0.833. The summed E-state index contributed by atoms with van der Waals surface area (Å²) in [5.74, 6) is -2.45. The Kier molecular flexibility index (Phi) is 8.87. The lowest BCUT2D eigenvalue weighted by Crippen LogP contribution is -2.37. The van der Waals surface area contributed by atoms with Crippen LogP contribution in [0.5, 0.6) is 0 Å². The predicted molar refractivity (Wildman–Crippen MR) is 112 cm³/mol. The van der Waals surface area contributed by atoms with Gasteiger partial charge >= 0.3 is 0 Å². The van der Waals surface area contributed by atoms with Crippen LogP contribution in [0.2, 0.25) is 0 Å². The fourth-order valence-corrected chi connectivity index (χ4v) is 3.37. The van der Waals surface area contributed by atoms with Crippen LogP contribution in [0, 0.1) is 24.5 Å². The Hall–Kier alpha value is -3.07. The molecule has 2 heterocycles. The summed E-state index contributed by atoms with van der Waals surface area (Å²) < 4.78 is 28.3. The van der Waals surface area contributed by atoms with Gasteiger partial charge in [0.2, 0.25) is 0 Å². The van der Waals surface area contributed by atoms with Gasteiger partial charge in [0.15, 0.2) is 0 Å². The van der Waals surface area contributed by atoms with E-state index in [1.807, 2.05) is 0 Å². The summed E-state index contributed by atoms with van der Waals surface area (Å²) in [5, 5.41) is 13.3. The molecule has 1 unspecified atom stereocenters. The summed E-state index contributed by atoms with van der Waals surface area (Å²) >= 11 is 0. The fourth-order valence-electron chi connectivity index (χ4n) is 3.37. The van der Waals surface area contributed by atoms with Crippen molar-refractivity contribution in [2.45, 2.75) is 39.8 Å². The van der Waals surface area contributed by atoms with Gasteiger partial charge in [-0.1, -0.05) is 6.07 Å². The first kappa shape index (κ1) is 24.2. The molecule has 1 saturated heterocycles. The minimum absolute atomic E-state index is 0.0591. The third-order valence-electron chi connectivity index (χ3n) is 4.91. The van der Waals surface area contributed by atoms with E-state index in [0.29, 0.717) is 18.0 Å². The number of aliphatic carboxylic acids is 1. The number of rotatable bonds is 5. The molecule has 1 amide bonds. The summed E-state index contributed by atoms with van der Waals surface area (Å²) in [6.07, 6.45) is 3.82. The third kappa shape index (κ3) is 7.29. The third-order valence-corrected chi connectivity index (χ3v) is 4.91. The van der Waals surface area contributed by atoms with Crippen LogP contribution < -0.4 is 16.2 Å². The topological polar surface area (TPSA) is 100 Å². The fraction of sp³-hybridized carbons (Fsp3) is 0.409. The summed E-state index contributed by atoms with van der Waals surface area (Å²) in [6, 6.07) is 4.91. The Morgan fingerprint density at radius 1 is 1.29 bits per heavy atom. The SMILES string of the molecule is CC(=O)O.Cc1ccn(CC2CCCNC2)c(=O)c1C(=O)NCc1ccc(F)cc1F. The minimum Gasteiger partial charge on any atom is -0.481 e. The molecule has 1 fully saturated rings. The number of hydrogen-bond donors (Lipinski definition) is 3. The molecule has 3 N–H and O–H groups in total. The van der Waals surface area contributed by atoms with Crippen LogP contribution in [0.15, 0.2) is 35.3 Å². The Morgan fingerprint density at radius 3 is 2.61 bits per heavy atom. The second-order valence-corrected chi connectivity index (χ2v) is 7.48. The molecule has 1 aromatic heterocycles. The number of carbonyl (C=O) groups is 2. The number of carboxylic acid groups (broad SMARTS) is 1. The lowest BCUT2D eigenvalue weighted by molar-refractivity contribution is -0.134. The second kappa shape index (κ2) is 11.4. The van der Waals surface area contributed by atoms with Gasteiger partial charge in [0.25, 0.3) is 17.4 Å². The van der Waals surface area contributed by atoms with Crippen molar-refractivity contribution in [3.63, 3.8) is 0 Å². The zero-order valence-electron chi connectivity index (χ0n) is 17.6. The highest BCUT2D eigenvalue weighted by atomic mass is 19.1. The van der Waals surface area contributed by atoms with E-state index in [9.17, 15) is 18.4 Å². The zero-order chi connectivity index (χ0) is 23.0. The Balaban J connectivity index is 0.000000785. The first-order valence-electron chi connectivity index (χ1n) is 10.0. The number of pyridine rings is 1. The van der Waals surface area contributed by atoms with Crippen molar-refractivity contribution in [2.75, 3.05) is 13.1 Å². The second-order valence-electron chi connectivity index (χ2n) is 7.48.